The Hall–Kier alpha value is -3.07. The molecular weight excluding hydrogens is 411 g/mol. The molecular formula is C21H21FN2O5S. The van der Waals surface area contributed by atoms with Crippen LogP contribution in [0.15, 0.2) is 56.8 Å². The summed E-state index contributed by atoms with van der Waals surface area (Å²) in [6.45, 7) is 4.56. The van der Waals surface area contributed by atoms with E-state index in [0.717, 1.165) is 6.42 Å². The molecule has 9 heteroatoms. The minimum Gasteiger partial charge on any atom is -0.486 e. The van der Waals surface area contributed by atoms with Gasteiger partial charge in [0.25, 0.3) is 0 Å². The van der Waals surface area contributed by atoms with Crippen LogP contribution < -0.4 is 14.8 Å². The van der Waals surface area contributed by atoms with E-state index in [4.69, 9.17) is 13.9 Å². The Bertz CT molecular complexity index is 1180. The Kier molecular flexibility index (Phi) is 5.38. The summed E-state index contributed by atoms with van der Waals surface area (Å²) in [5, 5.41) is 2.71. The fraction of sp³-hybridized carbons (Fsp3) is 0.286. The second-order valence-electron chi connectivity index (χ2n) is 6.90. The molecule has 0 fully saturated rings. The van der Waals surface area contributed by atoms with Crippen molar-refractivity contribution in [1.82, 2.24) is 4.98 Å². The number of hydrogen-bond donors (Lipinski definition) is 1. The number of anilines is 1. The van der Waals surface area contributed by atoms with Crippen molar-refractivity contribution in [3.63, 3.8) is 0 Å². The molecule has 0 aliphatic carbocycles. The molecule has 158 valence electrons. The van der Waals surface area contributed by atoms with Crippen LogP contribution in [-0.2, 0) is 9.84 Å². The van der Waals surface area contributed by atoms with Crippen molar-refractivity contribution in [1.29, 1.82) is 0 Å². The van der Waals surface area contributed by atoms with Gasteiger partial charge < -0.3 is 19.2 Å². The Morgan fingerprint density at radius 2 is 1.87 bits per heavy atom. The van der Waals surface area contributed by atoms with E-state index in [2.05, 4.69) is 10.3 Å². The average Bonchev–Trinajstić information content (AvgIpc) is 3.17. The highest BCUT2D eigenvalue weighted by Gasteiger charge is 2.31. The van der Waals surface area contributed by atoms with Crippen molar-refractivity contribution in [3.05, 3.63) is 48.3 Å². The van der Waals surface area contributed by atoms with Crippen LogP contribution in [-0.4, -0.2) is 32.7 Å². The predicted octanol–water partition coefficient (Wildman–Crippen LogP) is 4.30. The maximum Gasteiger partial charge on any atom is 0.234 e. The number of oxazole rings is 1. The van der Waals surface area contributed by atoms with Crippen LogP contribution in [0.3, 0.4) is 0 Å². The summed E-state index contributed by atoms with van der Waals surface area (Å²) in [5.41, 5.74) is 0.0772. The summed E-state index contributed by atoms with van der Waals surface area (Å²) in [7, 11) is -4.08. The summed E-state index contributed by atoms with van der Waals surface area (Å²) in [6, 6.07) is 10.2. The maximum atomic E-state index is 14.3. The fourth-order valence-electron chi connectivity index (χ4n) is 2.96. The van der Waals surface area contributed by atoms with Crippen molar-refractivity contribution in [2.45, 2.75) is 36.2 Å². The number of ether oxygens (including phenoxy) is 2. The fourth-order valence-corrected chi connectivity index (χ4v) is 4.24. The van der Waals surface area contributed by atoms with Crippen molar-refractivity contribution in [3.8, 4) is 23.0 Å². The molecule has 4 rings (SSSR count). The lowest BCUT2D eigenvalue weighted by Gasteiger charge is -2.18. The number of rotatable bonds is 6. The van der Waals surface area contributed by atoms with E-state index in [0.29, 0.717) is 24.7 Å². The van der Waals surface area contributed by atoms with E-state index in [1.54, 1.807) is 12.1 Å². The average molecular weight is 432 g/mol. The number of benzene rings is 2. The maximum absolute atomic E-state index is 14.3. The molecule has 0 spiro atoms. The lowest BCUT2D eigenvalue weighted by molar-refractivity contribution is 0.171. The summed E-state index contributed by atoms with van der Waals surface area (Å²) in [4.78, 5) is 4.14. The largest absolute Gasteiger partial charge is 0.486 e. The Labute approximate surface area is 173 Å². The molecule has 3 aromatic rings. The van der Waals surface area contributed by atoms with Crippen molar-refractivity contribution < 1.29 is 26.7 Å². The zero-order valence-corrected chi connectivity index (χ0v) is 17.3. The van der Waals surface area contributed by atoms with Crippen LogP contribution in [0.25, 0.3) is 11.5 Å². The van der Waals surface area contributed by atoms with Gasteiger partial charge in [-0.2, -0.15) is 4.98 Å². The summed E-state index contributed by atoms with van der Waals surface area (Å²) in [5.74, 6) is 0.117. The third-order valence-electron chi connectivity index (χ3n) is 4.77. The third-order valence-corrected chi connectivity index (χ3v) is 6.43. The first-order valence-corrected chi connectivity index (χ1v) is 11.1. The third kappa shape index (κ3) is 3.72. The van der Waals surface area contributed by atoms with Gasteiger partial charge in [-0.3, -0.25) is 0 Å². The second kappa shape index (κ2) is 7.98. The zero-order chi connectivity index (χ0) is 21.3. The van der Waals surface area contributed by atoms with Gasteiger partial charge in [0.05, 0.1) is 10.5 Å². The van der Waals surface area contributed by atoms with E-state index >= 15 is 0 Å². The van der Waals surface area contributed by atoms with Gasteiger partial charge in [-0.05, 0) is 37.6 Å². The van der Waals surface area contributed by atoms with Gasteiger partial charge in [0, 0.05) is 12.1 Å². The summed E-state index contributed by atoms with van der Waals surface area (Å²) >= 11 is 0. The van der Waals surface area contributed by atoms with Gasteiger partial charge in [-0.15, -0.1) is 0 Å². The van der Waals surface area contributed by atoms with Crippen molar-refractivity contribution >= 4 is 15.7 Å². The van der Waals surface area contributed by atoms with Gasteiger partial charge in [-0.1, -0.05) is 19.1 Å². The predicted molar refractivity (Wildman–Crippen MR) is 108 cm³/mol. The molecule has 1 N–H and O–H groups in total. The van der Waals surface area contributed by atoms with Crippen LogP contribution in [0.1, 0.15) is 20.3 Å². The smallest absolute Gasteiger partial charge is 0.234 e. The van der Waals surface area contributed by atoms with Gasteiger partial charge in [0.15, 0.2) is 11.5 Å². The molecule has 0 saturated heterocycles. The van der Waals surface area contributed by atoms with E-state index < -0.39 is 15.7 Å². The van der Waals surface area contributed by atoms with E-state index in [9.17, 15) is 12.8 Å². The molecule has 1 aliphatic rings. The van der Waals surface area contributed by atoms with Crippen LogP contribution in [0.5, 0.6) is 11.5 Å². The number of aromatic nitrogens is 1. The minimum atomic E-state index is -4.08. The molecule has 2 aromatic carbocycles. The first-order chi connectivity index (χ1) is 14.4. The molecule has 1 aliphatic heterocycles. The molecule has 7 nitrogen and oxygen atoms in total. The summed E-state index contributed by atoms with van der Waals surface area (Å²) in [6.07, 6.45) is 0.721. The van der Waals surface area contributed by atoms with E-state index in [1.807, 2.05) is 13.8 Å². The molecule has 0 bridgehead atoms. The minimum absolute atomic E-state index is 0.0210. The highest BCUT2D eigenvalue weighted by Crippen LogP contribution is 2.37. The lowest BCUT2D eigenvalue weighted by Crippen LogP contribution is -2.17. The zero-order valence-electron chi connectivity index (χ0n) is 16.5. The number of nitrogens with one attached hydrogen (secondary N) is 1. The highest BCUT2D eigenvalue weighted by molar-refractivity contribution is 7.91. The molecule has 1 unspecified atom stereocenters. The number of hydrogen-bond acceptors (Lipinski definition) is 7. The quantitative estimate of drug-likeness (QED) is 0.621. The number of fused-ring (bicyclic) bond motifs is 1. The number of sulfone groups is 1. The van der Waals surface area contributed by atoms with Crippen LogP contribution in [0.2, 0.25) is 0 Å². The molecule has 1 atom stereocenters. The molecule has 1 aromatic heterocycles. The highest BCUT2D eigenvalue weighted by atomic mass is 32.2. The Morgan fingerprint density at radius 3 is 2.60 bits per heavy atom. The van der Waals surface area contributed by atoms with Gasteiger partial charge in [-0.25, -0.2) is 12.8 Å². The summed E-state index contributed by atoms with van der Waals surface area (Å²) < 4.78 is 57.7. The number of nitrogens with zero attached hydrogens (tertiary/aromatic N) is 1. The van der Waals surface area contributed by atoms with Crippen molar-refractivity contribution in [2.24, 2.45) is 0 Å². The molecule has 30 heavy (non-hydrogen) atoms. The topological polar surface area (TPSA) is 90.7 Å². The van der Waals surface area contributed by atoms with Gasteiger partial charge in [0.2, 0.25) is 26.6 Å². The van der Waals surface area contributed by atoms with E-state index in [1.165, 1.54) is 30.3 Å². The normalized spacial score (nSPS) is 14.4. The SMILES string of the molecule is CCC(C)Nc1oc(-c2ccccc2F)nc1S(=O)(=O)c1ccc2c(c1)OCCO2. The van der Waals surface area contributed by atoms with Gasteiger partial charge in [0.1, 0.15) is 19.0 Å². The standard InChI is InChI=1S/C21H21FN2O5S/c1-3-13(2)23-20-21(24-19(29-20)15-6-4-5-7-16(15)22)30(25,26)14-8-9-17-18(12-14)28-11-10-27-17/h4-9,12-13,23H,3,10-11H2,1-2H3. The second-order valence-corrected chi connectivity index (χ2v) is 8.76. The van der Waals surface area contributed by atoms with Crippen LogP contribution in [0, 0.1) is 5.82 Å². The molecule has 0 radical (unpaired) electrons. The lowest BCUT2D eigenvalue weighted by atomic mass is 10.2. The Morgan fingerprint density at radius 1 is 1.13 bits per heavy atom. The molecule has 0 saturated carbocycles. The molecule has 0 amide bonds. The first-order valence-electron chi connectivity index (χ1n) is 9.57. The van der Waals surface area contributed by atoms with Crippen LogP contribution in [0.4, 0.5) is 10.3 Å². The van der Waals surface area contributed by atoms with Gasteiger partial charge >= 0.3 is 0 Å². The van der Waals surface area contributed by atoms with E-state index in [-0.39, 0.29) is 33.3 Å². The van der Waals surface area contributed by atoms with Crippen LogP contribution >= 0.6 is 0 Å². The van der Waals surface area contributed by atoms with Crippen molar-refractivity contribution in [2.75, 3.05) is 18.5 Å². The monoisotopic (exact) mass is 432 g/mol. The first kappa shape index (κ1) is 20.2. The molecule has 2 heterocycles. The number of halogens is 1. The Balaban J connectivity index is 1.82.